The van der Waals surface area contributed by atoms with Crippen molar-refractivity contribution in [3.63, 3.8) is 0 Å². The van der Waals surface area contributed by atoms with E-state index in [0.29, 0.717) is 23.9 Å². The van der Waals surface area contributed by atoms with E-state index in [-0.39, 0.29) is 17.2 Å². The van der Waals surface area contributed by atoms with E-state index in [2.05, 4.69) is 20.0 Å². The number of amides is 1. The number of fused-ring (bicyclic) bond motifs is 2. The lowest BCUT2D eigenvalue weighted by Crippen LogP contribution is -2.31. The van der Waals surface area contributed by atoms with Gasteiger partial charge in [-0.1, -0.05) is 60.7 Å². The Kier molecular flexibility index (Phi) is 5.68. The average molecular weight is 438 g/mol. The second-order valence-corrected chi connectivity index (χ2v) is 7.88. The summed E-state index contributed by atoms with van der Waals surface area (Å²) < 4.78 is 3.44. The van der Waals surface area contributed by atoms with Crippen LogP contribution < -0.4 is 10.9 Å². The first-order chi connectivity index (χ1) is 16.2. The van der Waals surface area contributed by atoms with Crippen LogP contribution in [-0.2, 0) is 13.1 Å². The Morgan fingerprint density at radius 3 is 2.45 bits per heavy atom. The molecule has 0 atom stereocenters. The molecule has 5 rings (SSSR count). The number of carbonyl (C=O) groups excluding carboxylic acids is 1. The van der Waals surface area contributed by atoms with Crippen LogP contribution >= 0.6 is 0 Å². The summed E-state index contributed by atoms with van der Waals surface area (Å²) in [6.45, 7) is 1.53. The Morgan fingerprint density at radius 1 is 0.879 bits per heavy atom. The topological polar surface area (TPSA) is 81.8 Å². The summed E-state index contributed by atoms with van der Waals surface area (Å²) >= 11 is 0. The third kappa shape index (κ3) is 4.25. The zero-order valence-corrected chi connectivity index (χ0v) is 18.0. The molecule has 0 aliphatic heterocycles. The molecule has 7 nitrogen and oxygen atoms in total. The molecule has 7 heteroatoms. The first-order valence-electron chi connectivity index (χ1n) is 10.9. The average Bonchev–Trinajstić information content (AvgIpc) is 3.27. The number of aryl methyl sites for hydroxylation is 1. The van der Waals surface area contributed by atoms with Gasteiger partial charge in [0.25, 0.3) is 11.5 Å². The number of hydrogen-bond acceptors (Lipinski definition) is 4. The van der Waals surface area contributed by atoms with Crippen LogP contribution in [0.25, 0.3) is 21.8 Å². The van der Waals surface area contributed by atoms with Crippen LogP contribution in [0.5, 0.6) is 0 Å². The van der Waals surface area contributed by atoms with Crippen molar-refractivity contribution in [3.8, 4) is 0 Å². The molecule has 5 aromatic rings. The van der Waals surface area contributed by atoms with Gasteiger partial charge >= 0.3 is 0 Å². The highest BCUT2D eigenvalue weighted by Gasteiger charge is 2.16. The van der Waals surface area contributed by atoms with Gasteiger partial charge in [0.15, 0.2) is 5.69 Å². The van der Waals surface area contributed by atoms with Crippen molar-refractivity contribution in [1.82, 2.24) is 24.6 Å². The van der Waals surface area contributed by atoms with Gasteiger partial charge in [-0.25, -0.2) is 9.67 Å². The summed E-state index contributed by atoms with van der Waals surface area (Å²) in [6.07, 6.45) is 2.56. The number of benzene rings is 3. The van der Waals surface area contributed by atoms with Crippen LogP contribution in [0.3, 0.4) is 0 Å². The fraction of sp³-hybridized carbons (Fsp3) is 0.154. The van der Waals surface area contributed by atoms with Gasteiger partial charge < -0.3 is 9.88 Å². The Hall–Kier alpha value is -4.26. The van der Waals surface area contributed by atoms with Gasteiger partial charge in [0.2, 0.25) is 0 Å². The van der Waals surface area contributed by atoms with Gasteiger partial charge in [-0.05, 0) is 30.2 Å². The molecular weight excluding hydrogens is 414 g/mol. The number of aromatic nitrogens is 4. The van der Waals surface area contributed by atoms with E-state index in [1.807, 2.05) is 67.0 Å². The fourth-order valence-electron chi connectivity index (χ4n) is 3.99. The summed E-state index contributed by atoms with van der Waals surface area (Å²) in [5, 5.41) is 8.45. The molecule has 0 aliphatic carbocycles. The second-order valence-electron chi connectivity index (χ2n) is 7.88. The molecule has 0 aliphatic rings. The third-order valence-corrected chi connectivity index (χ3v) is 5.65. The van der Waals surface area contributed by atoms with Crippen LogP contribution in [0, 0.1) is 0 Å². The van der Waals surface area contributed by atoms with Crippen molar-refractivity contribution in [3.05, 3.63) is 107 Å². The minimum Gasteiger partial charge on any atom is -0.351 e. The van der Waals surface area contributed by atoms with Crippen LogP contribution in [0.4, 0.5) is 0 Å². The number of para-hydroxylation sites is 2. The van der Waals surface area contributed by atoms with Crippen LogP contribution in [0.15, 0.2) is 90.0 Å². The third-order valence-electron chi connectivity index (χ3n) is 5.65. The molecule has 1 N–H and O–H groups in total. The lowest BCUT2D eigenvalue weighted by atomic mass is 10.1. The molecule has 33 heavy (non-hydrogen) atoms. The van der Waals surface area contributed by atoms with Gasteiger partial charge in [0.05, 0.1) is 29.3 Å². The van der Waals surface area contributed by atoms with E-state index in [4.69, 9.17) is 0 Å². The van der Waals surface area contributed by atoms with Crippen molar-refractivity contribution in [2.45, 2.75) is 19.5 Å². The van der Waals surface area contributed by atoms with Crippen molar-refractivity contribution < 1.29 is 4.79 Å². The van der Waals surface area contributed by atoms with Crippen molar-refractivity contribution in [2.75, 3.05) is 6.54 Å². The number of hydrogen-bond donors (Lipinski definition) is 1. The smallest absolute Gasteiger partial charge is 0.274 e. The van der Waals surface area contributed by atoms with Crippen molar-refractivity contribution >= 4 is 27.7 Å². The number of nitrogens with zero attached hydrogens (tertiary/aromatic N) is 4. The van der Waals surface area contributed by atoms with E-state index in [1.165, 1.54) is 4.68 Å². The highest BCUT2D eigenvalue weighted by atomic mass is 16.2. The molecule has 3 aromatic carbocycles. The summed E-state index contributed by atoms with van der Waals surface area (Å²) in [5.74, 6) is -0.288. The highest BCUT2D eigenvalue weighted by molar-refractivity contribution is 6.04. The molecule has 164 valence electrons. The molecule has 1 amide bonds. The Morgan fingerprint density at radius 2 is 1.61 bits per heavy atom. The predicted molar refractivity (Wildman–Crippen MR) is 128 cm³/mol. The van der Waals surface area contributed by atoms with E-state index in [1.54, 1.807) is 18.2 Å². The fourth-order valence-corrected chi connectivity index (χ4v) is 3.99. The van der Waals surface area contributed by atoms with Crippen LogP contribution in [-0.4, -0.2) is 31.8 Å². The SMILES string of the molecule is O=C(NCCCn1cnc2ccccc21)c1nn(Cc2ccccc2)c(=O)c2ccccc12. The molecule has 0 saturated heterocycles. The number of carbonyl (C=O) groups is 1. The lowest BCUT2D eigenvalue weighted by Gasteiger charge is -2.12. The predicted octanol–water partition coefficient (Wildman–Crippen LogP) is 3.61. The molecule has 0 spiro atoms. The van der Waals surface area contributed by atoms with Gasteiger partial charge in [-0.15, -0.1) is 0 Å². The summed E-state index contributed by atoms with van der Waals surface area (Å²) in [4.78, 5) is 30.4. The summed E-state index contributed by atoms with van der Waals surface area (Å²) in [6, 6.07) is 24.7. The maximum atomic E-state index is 13.0. The maximum Gasteiger partial charge on any atom is 0.274 e. The van der Waals surface area contributed by atoms with Gasteiger partial charge in [-0.2, -0.15) is 5.10 Å². The van der Waals surface area contributed by atoms with E-state index < -0.39 is 0 Å². The molecule has 0 fully saturated rings. The number of imidazole rings is 1. The van der Waals surface area contributed by atoms with Crippen molar-refractivity contribution in [1.29, 1.82) is 0 Å². The van der Waals surface area contributed by atoms with Crippen molar-refractivity contribution in [2.24, 2.45) is 0 Å². The second kappa shape index (κ2) is 9.08. The molecule has 0 saturated carbocycles. The zero-order valence-electron chi connectivity index (χ0n) is 18.0. The molecule has 2 aromatic heterocycles. The molecule has 2 heterocycles. The highest BCUT2D eigenvalue weighted by Crippen LogP contribution is 2.15. The molecule has 0 radical (unpaired) electrons. The molecular formula is C26H23N5O2. The Labute approximate surface area is 190 Å². The minimum absolute atomic E-state index is 0.210. The molecule has 0 unspecified atom stereocenters. The number of rotatable bonds is 7. The van der Waals surface area contributed by atoms with Crippen LogP contribution in [0.1, 0.15) is 22.5 Å². The summed E-state index contributed by atoms with van der Waals surface area (Å²) in [5.41, 5.74) is 3.02. The van der Waals surface area contributed by atoms with E-state index in [0.717, 1.165) is 29.6 Å². The quantitative estimate of drug-likeness (QED) is 0.395. The Bertz CT molecular complexity index is 1490. The first-order valence-corrected chi connectivity index (χ1v) is 10.9. The zero-order chi connectivity index (χ0) is 22.6. The lowest BCUT2D eigenvalue weighted by molar-refractivity contribution is 0.0947. The Balaban J connectivity index is 1.34. The van der Waals surface area contributed by atoms with E-state index >= 15 is 0 Å². The normalized spacial score (nSPS) is 11.2. The minimum atomic E-state index is -0.288. The van der Waals surface area contributed by atoms with E-state index in [9.17, 15) is 9.59 Å². The number of nitrogens with one attached hydrogen (secondary N) is 1. The van der Waals surface area contributed by atoms with Gasteiger partial charge in [0, 0.05) is 18.5 Å². The largest absolute Gasteiger partial charge is 0.351 e. The van der Waals surface area contributed by atoms with Gasteiger partial charge in [-0.3, -0.25) is 9.59 Å². The summed E-state index contributed by atoms with van der Waals surface area (Å²) in [7, 11) is 0. The molecule has 0 bridgehead atoms. The van der Waals surface area contributed by atoms with Crippen LogP contribution in [0.2, 0.25) is 0 Å². The standard InChI is InChI=1S/C26H23N5O2/c32-25(27-15-8-16-30-18-28-22-13-6-7-14-23(22)30)24-20-11-4-5-12-21(20)26(33)31(29-24)17-19-9-2-1-3-10-19/h1-7,9-14,18H,8,15-17H2,(H,27,32). The van der Waals surface area contributed by atoms with Gasteiger partial charge in [0.1, 0.15) is 0 Å². The monoisotopic (exact) mass is 437 g/mol. The first kappa shape index (κ1) is 20.6. The maximum absolute atomic E-state index is 13.0.